The van der Waals surface area contributed by atoms with Crippen LogP contribution in [0.4, 0.5) is 0 Å². The van der Waals surface area contributed by atoms with Crippen LogP contribution in [0, 0.1) is 23.7 Å². The van der Waals surface area contributed by atoms with Gasteiger partial charge in [0.2, 0.25) is 5.79 Å². The largest absolute Gasteiger partial charge is 0.790 e. The van der Waals surface area contributed by atoms with Crippen LogP contribution in [0.15, 0.2) is 0 Å². The predicted molar refractivity (Wildman–Crippen MR) is 96.2 cm³/mol. The molecule has 7 nitrogen and oxygen atoms in total. The van der Waals surface area contributed by atoms with Crippen molar-refractivity contribution >= 4 is 31.0 Å². The fraction of sp³-hybridized carbons (Fsp3) is 1.00. The van der Waals surface area contributed by atoms with E-state index in [0.717, 1.165) is 32.1 Å². The molecule has 5 saturated carbocycles. The highest BCUT2D eigenvalue weighted by Crippen LogP contribution is 2.71. The molecule has 0 aromatic carbocycles. The molecule has 1 aliphatic heterocycles. The molecule has 0 N–H and O–H groups in total. The first-order chi connectivity index (χ1) is 13.1. The second kappa shape index (κ2) is 6.54. The van der Waals surface area contributed by atoms with Crippen molar-refractivity contribution in [3.05, 3.63) is 0 Å². The molecule has 160 valence electrons. The Bertz CT molecular complexity index is 681. The molecule has 1 spiro atoms. The summed E-state index contributed by atoms with van der Waals surface area (Å²) in [6, 6.07) is 0. The summed E-state index contributed by atoms with van der Waals surface area (Å²) in [4.78, 5) is 33.9. The minimum atomic E-state index is -5.14. The fourth-order valence-corrected chi connectivity index (χ4v) is 8.76. The Balaban J connectivity index is 1.44. The summed E-state index contributed by atoms with van der Waals surface area (Å²) in [6.07, 6.45) is 5.48. The molecular weight excluding hydrogens is 430 g/mol. The first-order valence-electron chi connectivity index (χ1n) is 10.1. The van der Waals surface area contributed by atoms with Crippen LogP contribution < -0.4 is 9.79 Å². The maximum atomic E-state index is 11.2. The van der Waals surface area contributed by atoms with Gasteiger partial charge in [0.25, 0.3) is 0 Å². The first kappa shape index (κ1) is 20.5. The number of ether oxygens (including phenoxy) is 1. The third-order valence-electron chi connectivity index (χ3n) is 7.99. The maximum Gasteiger partial charge on any atom is 0.237 e. The lowest BCUT2D eigenvalue weighted by molar-refractivity contribution is -0.646. The van der Waals surface area contributed by atoms with E-state index in [1.807, 2.05) is 0 Å². The van der Waals surface area contributed by atoms with Crippen LogP contribution in [0.5, 0.6) is 0 Å². The van der Waals surface area contributed by atoms with Gasteiger partial charge in [-0.1, -0.05) is 0 Å². The lowest BCUT2D eigenvalue weighted by atomic mass is 9.45. The van der Waals surface area contributed by atoms with Crippen LogP contribution in [-0.4, -0.2) is 34.9 Å². The number of hydrogen-bond acceptors (Lipinski definition) is 7. The number of phosphoric ester groups is 1. The smallest absolute Gasteiger partial charge is 0.237 e. The van der Waals surface area contributed by atoms with E-state index < -0.39 is 30.7 Å². The Kier molecular flexibility index (Phi) is 4.78. The van der Waals surface area contributed by atoms with Crippen LogP contribution in [0.2, 0.25) is 0 Å². The number of halogens is 2. The maximum absolute atomic E-state index is 11.2. The Morgan fingerprint density at radius 1 is 1.04 bits per heavy atom. The minimum absolute atomic E-state index is 0.155. The van der Waals surface area contributed by atoms with Gasteiger partial charge in [-0.05, 0) is 69.1 Å². The number of phosphoric acid groups is 1. The van der Waals surface area contributed by atoms with E-state index in [4.69, 9.17) is 42.2 Å². The summed E-state index contributed by atoms with van der Waals surface area (Å²) in [7, 11) is -3.52. The lowest BCUT2D eigenvalue weighted by Gasteiger charge is -2.71. The summed E-state index contributed by atoms with van der Waals surface area (Å²) in [6.45, 7) is 0. The standard InChI is InChI=1S/C18H27Cl2O7P/c1-24-18(11-2-3-14(19)15(6-11)25-28(21,22)23)17(26-27-18)12-4-10-5-13(17)9-16(20,7-10)8-12/h10-15H,2-9H2,1H3,(H2,21,22,23)/p-2. The van der Waals surface area contributed by atoms with Gasteiger partial charge >= 0.3 is 0 Å². The summed E-state index contributed by atoms with van der Waals surface area (Å²) >= 11 is 13.2. The van der Waals surface area contributed by atoms with E-state index in [1.165, 1.54) is 0 Å². The van der Waals surface area contributed by atoms with E-state index >= 15 is 0 Å². The SMILES string of the molecule is COC1(C2CCC(Cl)C(OP(=O)([O-])[O-])C2)OOC12C1CC3CC2CC(Cl)(C3)C1. The average Bonchev–Trinajstić information content (AvgIpc) is 2.54. The average molecular weight is 455 g/mol. The molecule has 5 aliphatic carbocycles. The third-order valence-corrected chi connectivity index (χ3v) is 9.48. The van der Waals surface area contributed by atoms with E-state index in [-0.39, 0.29) is 29.0 Å². The molecule has 6 fully saturated rings. The molecule has 6 unspecified atom stereocenters. The van der Waals surface area contributed by atoms with E-state index in [1.54, 1.807) is 7.11 Å². The van der Waals surface area contributed by atoms with Crippen molar-refractivity contribution in [1.82, 2.24) is 0 Å². The zero-order valence-corrected chi connectivity index (χ0v) is 18.1. The molecule has 0 radical (unpaired) electrons. The second-order valence-electron chi connectivity index (χ2n) is 9.44. The quantitative estimate of drug-likeness (QED) is 0.365. The molecule has 0 amide bonds. The number of hydrogen-bond donors (Lipinski definition) is 0. The highest BCUT2D eigenvalue weighted by Gasteiger charge is 2.79. The van der Waals surface area contributed by atoms with Crippen molar-refractivity contribution in [3.8, 4) is 0 Å². The summed E-state index contributed by atoms with van der Waals surface area (Å²) in [5, 5.41) is -0.539. The van der Waals surface area contributed by atoms with Crippen LogP contribution in [0.25, 0.3) is 0 Å². The molecule has 0 aromatic heterocycles. The van der Waals surface area contributed by atoms with Crippen molar-refractivity contribution < 1.29 is 33.4 Å². The van der Waals surface area contributed by atoms with Crippen molar-refractivity contribution in [2.75, 3.05) is 7.11 Å². The van der Waals surface area contributed by atoms with E-state index in [9.17, 15) is 14.4 Å². The molecule has 4 bridgehead atoms. The van der Waals surface area contributed by atoms with Crippen molar-refractivity contribution in [2.24, 2.45) is 23.7 Å². The highest BCUT2D eigenvalue weighted by atomic mass is 35.5. The number of alkyl halides is 2. The van der Waals surface area contributed by atoms with Gasteiger partial charge in [0.1, 0.15) is 0 Å². The fourth-order valence-electron chi connectivity index (χ4n) is 7.26. The Morgan fingerprint density at radius 2 is 1.71 bits per heavy atom. The van der Waals surface area contributed by atoms with E-state index in [2.05, 4.69) is 0 Å². The van der Waals surface area contributed by atoms with Crippen molar-refractivity contribution in [2.45, 2.75) is 79.1 Å². The summed E-state index contributed by atoms with van der Waals surface area (Å²) < 4.78 is 22.0. The molecular formula is C18H25Cl2O7P-2. The van der Waals surface area contributed by atoms with Gasteiger partial charge in [0.05, 0.1) is 19.3 Å². The van der Waals surface area contributed by atoms with Gasteiger partial charge in [-0.15, -0.1) is 23.2 Å². The summed E-state index contributed by atoms with van der Waals surface area (Å²) in [5.74, 6) is -0.0779. The van der Waals surface area contributed by atoms with Crippen LogP contribution >= 0.6 is 31.0 Å². The molecule has 6 atom stereocenters. The van der Waals surface area contributed by atoms with Crippen molar-refractivity contribution in [1.29, 1.82) is 0 Å². The second-order valence-corrected chi connectivity index (χ2v) is 11.9. The number of methoxy groups -OCH3 is 1. The lowest BCUT2D eigenvalue weighted by Crippen LogP contribution is -2.81. The Hall–Kier alpha value is 0.570. The molecule has 1 heterocycles. The molecule has 1 saturated heterocycles. The van der Waals surface area contributed by atoms with Crippen LogP contribution in [0.3, 0.4) is 0 Å². The third kappa shape index (κ3) is 2.81. The van der Waals surface area contributed by atoms with E-state index in [0.29, 0.717) is 18.8 Å². The molecule has 0 aromatic rings. The zero-order chi connectivity index (χ0) is 19.9. The molecule has 6 rings (SSSR count). The molecule has 6 aliphatic rings. The Labute approximate surface area is 174 Å². The van der Waals surface area contributed by atoms with Gasteiger partial charge in [0.15, 0.2) is 5.60 Å². The van der Waals surface area contributed by atoms with Gasteiger partial charge < -0.3 is 23.6 Å². The van der Waals surface area contributed by atoms with Crippen LogP contribution in [0.1, 0.15) is 51.4 Å². The highest BCUT2D eigenvalue weighted by molar-refractivity contribution is 7.43. The van der Waals surface area contributed by atoms with Crippen molar-refractivity contribution in [3.63, 3.8) is 0 Å². The normalized spacial score (nSPS) is 55.5. The Morgan fingerprint density at radius 3 is 2.21 bits per heavy atom. The number of rotatable bonds is 4. The molecule has 10 heteroatoms. The van der Waals surface area contributed by atoms with Gasteiger partial charge in [-0.3, -0.25) is 0 Å². The predicted octanol–water partition coefficient (Wildman–Crippen LogP) is 2.47. The summed E-state index contributed by atoms with van der Waals surface area (Å²) in [5.41, 5.74) is -0.579. The van der Waals surface area contributed by atoms with Crippen LogP contribution in [-0.2, 0) is 23.6 Å². The van der Waals surface area contributed by atoms with Gasteiger partial charge in [0, 0.05) is 17.9 Å². The van der Waals surface area contributed by atoms with Gasteiger partial charge in [-0.2, -0.15) is 4.89 Å². The van der Waals surface area contributed by atoms with Gasteiger partial charge in [-0.25, -0.2) is 4.89 Å². The topological polar surface area (TPSA) is 100 Å². The monoisotopic (exact) mass is 454 g/mol. The first-order valence-corrected chi connectivity index (χ1v) is 12.3. The minimum Gasteiger partial charge on any atom is -0.790 e. The zero-order valence-electron chi connectivity index (χ0n) is 15.7. The molecule has 28 heavy (non-hydrogen) atoms.